The molecule has 0 radical (unpaired) electrons. The average molecular weight is 298 g/mol. The number of carbonyl (C=O) groups excluding carboxylic acids is 1. The Morgan fingerprint density at radius 2 is 2.10 bits per heavy atom. The molecule has 1 aliphatic heterocycles. The van der Waals surface area contributed by atoms with Crippen LogP contribution >= 0.6 is 0 Å². The maximum Gasteiger partial charge on any atom is 0.303 e. The van der Waals surface area contributed by atoms with Crippen molar-refractivity contribution in [2.75, 3.05) is 13.1 Å². The molecule has 1 amide bonds. The molecule has 0 aromatic rings. The van der Waals surface area contributed by atoms with Crippen LogP contribution in [0.25, 0.3) is 0 Å². The van der Waals surface area contributed by atoms with Gasteiger partial charge in [-0.2, -0.15) is 0 Å². The second-order valence-electron chi connectivity index (χ2n) is 6.58. The SMILES string of the molecule is CC(C)CC(CNC(=O)CCC1CCCCN1)CC(=O)O. The lowest BCUT2D eigenvalue weighted by atomic mass is 9.94. The number of hydrogen-bond acceptors (Lipinski definition) is 3. The minimum Gasteiger partial charge on any atom is -0.481 e. The third kappa shape index (κ3) is 8.71. The minimum atomic E-state index is -0.790. The van der Waals surface area contributed by atoms with Gasteiger partial charge in [-0.25, -0.2) is 0 Å². The van der Waals surface area contributed by atoms with E-state index in [4.69, 9.17) is 5.11 Å². The average Bonchev–Trinajstić information content (AvgIpc) is 2.42. The van der Waals surface area contributed by atoms with Crippen LogP contribution in [-0.4, -0.2) is 36.1 Å². The molecule has 0 saturated carbocycles. The van der Waals surface area contributed by atoms with Crippen LogP contribution in [0.4, 0.5) is 0 Å². The number of carboxylic acid groups (broad SMARTS) is 1. The van der Waals surface area contributed by atoms with Crippen LogP contribution in [0.1, 0.15) is 58.8 Å². The van der Waals surface area contributed by atoms with Crippen LogP contribution in [0.2, 0.25) is 0 Å². The normalized spacial score (nSPS) is 20.2. The standard InChI is InChI=1S/C16H30N2O3/c1-12(2)9-13(10-16(20)21)11-18-15(19)7-6-14-5-3-4-8-17-14/h12-14,17H,3-11H2,1-2H3,(H,18,19)(H,20,21). The van der Waals surface area contributed by atoms with E-state index < -0.39 is 5.97 Å². The van der Waals surface area contributed by atoms with E-state index in [2.05, 4.69) is 24.5 Å². The van der Waals surface area contributed by atoms with E-state index in [0.717, 1.165) is 25.8 Å². The monoisotopic (exact) mass is 298 g/mol. The van der Waals surface area contributed by atoms with E-state index in [9.17, 15) is 9.59 Å². The molecule has 5 heteroatoms. The van der Waals surface area contributed by atoms with E-state index in [-0.39, 0.29) is 18.2 Å². The summed E-state index contributed by atoms with van der Waals surface area (Å²) in [5.74, 6) is -0.278. The van der Waals surface area contributed by atoms with Crippen LogP contribution in [-0.2, 0) is 9.59 Å². The van der Waals surface area contributed by atoms with Gasteiger partial charge in [0.15, 0.2) is 0 Å². The van der Waals surface area contributed by atoms with Crippen molar-refractivity contribution in [2.24, 2.45) is 11.8 Å². The van der Waals surface area contributed by atoms with Crippen molar-refractivity contribution in [3.8, 4) is 0 Å². The van der Waals surface area contributed by atoms with Gasteiger partial charge in [-0.3, -0.25) is 9.59 Å². The molecule has 21 heavy (non-hydrogen) atoms. The highest BCUT2D eigenvalue weighted by Crippen LogP contribution is 2.15. The molecule has 3 N–H and O–H groups in total. The molecular weight excluding hydrogens is 268 g/mol. The largest absolute Gasteiger partial charge is 0.481 e. The first kappa shape index (κ1) is 18.0. The number of amides is 1. The van der Waals surface area contributed by atoms with Gasteiger partial charge in [-0.05, 0) is 44.1 Å². The predicted molar refractivity (Wildman–Crippen MR) is 83.1 cm³/mol. The molecule has 1 fully saturated rings. The van der Waals surface area contributed by atoms with Gasteiger partial charge < -0.3 is 15.7 Å². The van der Waals surface area contributed by atoms with Crippen molar-refractivity contribution in [3.05, 3.63) is 0 Å². The molecule has 0 bridgehead atoms. The second kappa shape index (κ2) is 9.77. The number of rotatable bonds is 9. The van der Waals surface area contributed by atoms with Gasteiger partial charge in [-0.15, -0.1) is 0 Å². The van der Waals surface area contributed by atoms with Gasteiger partial charge in [0, 0.05) is 25.4 Å². The zero-order chi connectivity index (χ0) is 15.7. The molecule has 0 aliphatic carbocycles. The maximum atomic E-state index is 11.9. The summed E-state index contributed by atoms with van der Waals surface area (Å²) in [5.41, 5.74) is 0. The topological polar surface area (TPSA) is 78.4 Å². The lowest BCUT2D eigenvalue weighted by Crippen LogP contribution is -2.36. The Hall–Kier alpha value is -1.10. The number of piperidine rings is 1. The molecule has 0 aromatic heterocycles. The third-order valence-corrected chi connectivity index (χ3v) is 3.99. The first-order chi connectivity index (χ1) is 9.97. The van der Waals surface area contributed by atoms with E-state index in [1.807, 2.05) is 0 Å². The Morgan fingerprint density at radius 3 is 2.67 bits per heavy atom. The van der Waals surface area contributed by atoms with Gasteiger partial charge in [0.05, 0.1) is 0 Å². The zero-order valence-corrected chi connectivity index (χ0v) is 13.4. The fraction of sp³-hybridized carbons (Fsp3) is 0.875. The Kier molecular flexibility index (Phi) is 8.35. The summed E-state index contributed by atoms with van der Waals surface area (Å²) in [5, 5.41) is 15.3. The Balaban J connectivity index is 2.23. The molecule has 1 heterocycles. The number of aliphatic carboxylic acids is 1. The zero-order valence-electron chi connectivity index (χ0n) is 13.4. The van der Waals surface area contributed by atoms with Gasteiger partial charge in [-0.1, -0.05) is 20.3 Å². The quantitative estimate of drug-likeness (QED) is 0.609. The molecule has 2 atom stereocenters. The first-order valence-electron chi connectivity index (χ1n) is 8.19. The number of carboxylic acids is 1. The maximum absolute atomic E-state index is 11.9. The smallest absolute Gasteiger partial charge is 0.303 e. The minimum absolute atomic E-state index is 0.0271. The van der Waals surface area contributed by atoms with Gasteiger partial charge >= 0.3 is 5.97 Å². The molecule has 0 spiro atoms. The molecule has 0 aromatic carbocycles. The number of carbonyl (C=O) groups is 2. The second-order valence-corrected chi connectivity index (χ2v) is 6.58. The van der Waals surface area contributed by atoms with Crippen LogP contribution < -0.4 is 10.6 Å². The van der Waals surface area contributed by atoms with Gasteiger partial charge in [0.25, 0.3) is 0 Å². The summed E-state index contributed by atoms with van der Waals surface area (Å²) < 4.78 is 0. The lowest BCUT2D eigenvalue weighted by Gasteiger charge is -2.23. The molecule has 1 aliphatic rings. The van der Waals surface area contributed by atoms with E-state index >= 15 is 0 Å². The van der Waals surface area contributed by atoms with Crippen molar-refractivity contribution in [1.29, 1.82) is 0 Å². The summed E-state index contributed by atoms with van der Waals surface area (Å²) in [7, 11) is 0. The van der Waals surface area contributed by atoms with E-state index in [0.29, 0.717) is 24.9 Å². The summed E-state index contributed by atoms with van der Waals surface area (Å²) in [6.45, 7) is 5.68. The van der Waals surface area contributed by atoms with Crippen LogP contribution in [0, 0.1) is 11.8 Å². The van der Waals surface area contributed by atoms with Gasteiger partial charge in [0.2, 0.25) is 5.91 Å². The van der Waals surface area contributed by atoms with Crippen molar-refractivity contribution >= 4 is 11.9 Å². The van der Waals surface area contributed by atoms with Crippen molar-refractivity contribution in [2.45, 2.75) is 64.8 Å². The molecule has 1 saturated heterocycles. The van der Waals surface area contributed by atoms with E-state index in [1.165, 1.54) is 12.8 Å². The van der Waals surface area contributed by atoms with Crippen molar-refractivity contribution in [1.82, 2.24) is 10.6 Å². The highest BCUT2D eigenvalue weighted by atomic mass is 16.4. The predicted octanol–water partition coefficient (Wildman–Crippen LogP) is 2.16. The fourth-order valence-corrected chi connectivity index (χ4v) is 2.97. The summed E-state index contributed by atoms with van der Waals surface area (Å²) in [6, 6.07) is 0.468. The van der Waals surface area contributed by atoms with Crippen LogP contribution in [0.15, 0.2) is 0 Å². The molecular formula is C16H30N2O3. The molecule has 2 unspecified atom stereocenters. The fourth-order valence-electron chi connectivity index (χ4n) is 2.97. The van der Waals surface area contributed by atoms with Crippen LogP contribution in [0.5, 0.6) is 0 Å². The van der Waals surface area contributed by atoms with Crippen molar-refractivity contribution in [3.63, 3.8) is 0 Å². The van der Waals surface area contributed by atoms with E-state index in [1.54, 1.807) is 0 Å². The summed E-state index contributed by atoms with van der Waals surface area (Å²) in [6.07, 6.45) is 5.99. The van der Waals surface area contributed by atoms with Crippen LogP contribution in [0.3, 0.4) is 0 Å². The first-order valence-corrected chi connectivity index (χ1v) is 8.19. The molecule has 5 nitrogen and oxygen atoms in total. The molecule has 1 rings (SSSR count). The Labute approximate surface area is 127 Å². The number of nitrogens with one attached hydrogen (secondary N) is 2. The molecule has 122 valence electrons. The number of hydrogen-bond donors (Lipinski definition) is 3. The van der Waals surface area contributed by atoms with Crippen molar-refractivity contribution < 1.29 is 14.7 Å². The lowest BCUT2D eigenvalue weighted by molar-refractivity contribution is -0.138. The summed E-state index contributed by atoms with van der Waals surface area (Å²) >= 11 is 0. The Bertz CT molecular complexity index is 325. The highest BCUT2D eigenvalue weighted by molar-refractivity contribution is 5.76. The van der Waals surface area contributed by atoms with Gasteiger partial charge in [0.1, 0.15) is 0 Å². The summed E-state index contributed by atoms with van der Waals surface area (Å²) in [4.78, 5) is 22.7. The highest BCUT2D eigenvalue weighted by Gasteiger charge is 2.17. The Morgan fingerprint density at radius 1 is 1.33 bits per heavy atom. The third-order valence-electron chi connectivity index (χ3n) is 3.99.